The molecular weight excluding hydrogens is 264 g/mol. The van der Waals surface area contributed by atoms with Gasteiger partial charge >= 0.3 is 0 Å². The molecule has 0 bridgehead atoms. The lowest BCUT2D eigenvalue weighted by molar-refractivity contribution is 0.0725. The number of ketones is 1. The molecule has 0 spiro atoms. The summed E-state index contributed by atoms with van der Waals surface area (Å²) in [7, 11) is 0. The Morgan fingerprint density at radius 2 is 1.81 bits per heavy atom. The van der Waals surface area contributed by atoms with Crippen molar-refractivity contribution in [1.29, 1.82) is 0 Å². The van der Waals surface area contributed by atoms with Gasteiger partial charge < -0.3 is 9.47 Å². The predicted molar refractivity (Wildman–Crippen MR) is 78.6 cm³/mol. The van der Waals surface area contributed by atoms with Crippen LogP contribution in [0.1, 0.15) is 41.4 Å². The number of epoxide rings is 1. The lowest BCUT2D eigenvalue weighted by Crippen LogP contribution is -2.37. The number of hydrogen-bond donors (Lipinski definition) is 0. The van der Waals surface area contributed by atoms with Crippen LogP contribution in [0, 0.1) is 0 Å². The molecule has 0 aliphatic carbocycles. The Morgan fingerprint density at radius 3 is 2.57 bits per heavy atom. The molecular formula is C18H16O3. The van der Waals surface area contributed by atoms with Crippen LogP contribution in [0.5, 0.6) is 5.75 Å². The van der Waals surface area contributed by atoms with Crippen LogP contribution in [0.3, 0.4) is 0 Å². The van der Waals surface area contributed by atoms with Gasteiger partial charge in [0.1, 0.15) is 23.6 Å². The summed E-state index contributed by atoms with van der Waals surface area (Å²) in [6.07, 6.45) is 0.152. The lowest BCUT2D eigenvalue weighted by atomic mass is 9.92. The van der Waals surface area contributed by atoms with Crippen molar-refractivity contribution in [2.75, 3.05) is 0 Å². The van der Waals surface area contributed by atoms with Crippen LogP contribution in [0.15, 0.2) is 48.5 Å². The van der Waals surface area contributed by atoms with Gasteiger partial charge in [-0.05, 0) is 32.0 Å². The fraction of sp³-hybridized carbons (Fsp3) is 0.278. The average molecular weight is 280 g/mol. The zero-order valence-corrected chi connectivity index (χ0v) is 12.0. The predicted octanol–water partition coefficient (Wildman–Crippen LogP) is 3.53. The van der Waals surface area contributed by atoms with Crippen LogP contribution in [0.2, 0.25) is 0 Å². The molecule has 0 N–H and O–H groups in total. The summed E-state index contributed by atoms with van der Waals surface area (Å²) in [5.74, 6) is 0.851. The molecule has 0 amide bonds. The van der Waals surface area contributed by atoms with E-state index < -0.39 is 0 Å². The van der Waals surface area contributed by atoms with Crippen LogP contribution >= 0.6 is 0 Å². The number of fused-ring (bicyclic) bond motifs is 3. The molecule has 4 rings (SSSR count). The van der Waals surface area contributed by atoms with Gasteiger partial charge in [0.15, 0.2) is 5.78 Å². The SMILES string of the molecule is CC1(C)Oc2ccc(C(=O)c3ccccc3)cc2C2O[C@@H]21. The van der Waals surface area contributed by atoms with E-state index in [1.54, 1.807) is 0 Å². The van der Waals surface area contributed by atoms with Crippen molar-refractivity contribution < 1.29 is 14.3 Å². The molecule has 1 saturated heterocycles. The lowest BCUT2D eigenvalue weighted by Gasteiger charge is -2.29. The monoisotopic (exact) mass is 280 g/mol. The van der Waals surface area contributed by atoms with Gasteiger partial charge in [0.25, 0.3) is 0 Å². The van der Waals surface area contributed by atoms with Gasteiger partial charge in [0.2, 0.25) is 0 Å². The van der Waals surface area contributed by atoms with Gasteiger partial charge in [-0.3, -0.25) is 4.79 Å². The quantitative estimate of drug-likeness (QED) is 0.624. The number of hydrogen-bond acceptors (Lipinski definition) is 3. The third-order valence-electron chi connectivity index (χ3n) is 4.16. The summed E-state index contributed by atoms with van der Waals surface area (Å²) < 4.78 is 11.7. The van der Waals surface area contributed by atoms with E-state index >= 15 is 0 Å². The van der Waals surface area contributed by atoms with Crippen molar-refractivity contribution in [3.63, 3.8) is 0 Å². The minimum absolute atomic E-state index is 0.0282. The number of carbonyl (C=O) groups excluding carboxylic acids is 1. The fourth-order valence-electron chi connectivity index (χ4n) is 2.98. The highest BCUT2D eigenvalue weighted by molar-refractivity contribution is 6.09. The molecule has 3 nitrogen and oxygen atoms in total. The van der Waals surface area contributed by atoms with Gasteiger partial charge in [-0.15, -0.1) is 0 Å². The third-order valence-corrected chi connectivity index (χ3v) is 4.16. The van der Waals surface area contributed by atoms with Crippen molar-refractivity contribution in [2.45, 2.75) is 31.7 Å². The van der Waals surface area contributed by atoms with Crippen LogP contribution in [0.25, 0.3) is 0 Å². The van der Waals surface area contributed by atoms with E-state index in [-0.39, 0.29) is 23.6 Å². The Hall–Kier alpha value is -2.13. The normalized spacial score (nSPS) is 24.5. The Labute approximate surface area is 123 Å². The second-order valence-corrected chi connectivity index (χ2v) is 6.13. The molecule has 2 aromatic carbocycles. The van der Waals surface area contributed by atoms with E-state index in [9.17, 15) is 4.79 Å². The number of ether oxygens (including phenoxy) is 2. The fourth-order valence-corrected chi connectivity index (χ4v) is 2.98. The van der Waals surface area contributed by atoms with Crippen LogP contribution in [0.4, 0.5) is 0 Å². The first-order chi connectivity index (χ1) is 10.1. The minimum atomic E-state index is -0.303. The zero-order valence-electron chi connectivity index (χ0n) is 12.0. The highest BCUT2D eigenvalue weighted by Gasteiger charge is 2.56. The highest BCUT2D eigenvalue weighted by Crippen LogP contribution is 2.53. The van der Waals surface area contributed by atoms with Gasteiger partial charge in [0, 0.05) is 16.7 Å². The van der Waals surface area contributed by atoms with Gasteiger partial charge in [0.05, 0.1) is 0 Å². The highest BCUT2D eigenvalue weighted by atomic mass is 16.6. The summed E-state index contributed by atoms with van der Waals surface area (Å²) >= 11 is 0. The minimum Gasteiger partial charge on any atom is -0.485 e. The van der Waals surface area contributed by atoms with Crippen molar-refractivity contribution in [1.82, 2.24) is 0 Å². The Bertz CT molecular complexity index is 718. The first-order valence-electron chi connectivity index (χ1n) is 7.14. The molecule has 106 valence electrons. The maximum absolute atomic E-state index is 12.5. The first-order valence-corrected chi connectivity index (χ1v) is 7.14. The zero-order chi connectivity index (χ0) is 14.6. The van der Waals surface area contributed by atoms with Crippen LogP contribution < -0.4 is 4.74 Å². The van der Waals surface area contributed by atoms with Crippen molar-refractivity contribution in [3.8, 4) is 5.75 Å². The molecule has 0 saturated carbocycles. The molecule has 1 fully saturated rings. The van der Waals surface area contributed by atoms with E-state index in [1.807, 2.05) is 62.4 Å². The summed E-state index contributed by atoms with van der Waals surface area (Å²) in [6.45, 7) is 4.06. The molecule has 3 heteroatoms. The third kappa shape index (κ3) is 1.96. The molecule has 2 aromatic rings. The molecule has 2 heterocycles. The molecule has 1 unspecified atom stereocenters. The summed E-state index contributed by atoms with van der Waals surface area (Å²) in [5, 5.41) is 0. The summed E-state index contributed by atoms with van der Waals surface area (Å²) in [6, 6.07) is 14.9. The second kappa shape index (κ2) is 4.18. The van der Waals surface area contributed by atoms with E-state index in [1.165, 1.54) is 0 Å². The smallest absolute Gasteiger partial charge is 0.193 e. The maximum atomic E-state index is 12.5. The van der Waals surface area contributed by atoms with Gasteiger partial charge in [-0.2, -0.15) is 0 Å². The second-order valence-electron chi connectivity index (χ2n) is 6.13. The summed E-state index contributed by atoms with van der Waals surface area (Å²) in [4.78, 5) is 12.5. The van der Waals surface area contributed by atoms with Gasteiger partial charge in [-0.25, -0.2) is 0 Å². The van der Waals surface area contributed by atoms with E-state index in [2.05, 4.69) is 0 Å². The number of carbonyl (C=O) groups is 1. The largest absolute Gasteiger partial charge is 0.485 e. The number of benzene rings is 2. The van der Waals surface area contributed by atoms with E-state index in [0.29, 0.717) is 11.1 Å². The van der Waals surface area contributed by atoms with Crippen molar-refractivity contribution in [3.05, 3.63) is 65.2 Å². The Morgan fingerprint density at radius 1 is 1.05 bits per heavy atom. The van der Waals surface area contributed by atoms with Crippen molar-refractivity contribution >= 4 is 5.78 Å². The molecule has 2 atom stereocenters. The molecule has 2 aliphatic rings. The Balaban J connectivity index is 1.72. The van der Waals surface area contributed by atoms with Crippen LogP contribution in [-0.4, -0.2) is 17.5 Å². The Kier molecular flexibility index (Phi) is 2.51. The molecule has 0 radical (unpaired) electrons. The topological polar surface area (TPSA) is 38.8 Å². The summed E-state index contributed by atoms with van der Waals surface area (Å²) in [5.41, 5.74) is 2.06. The number of rotatable bonds is 2. The van der Waals surface area contributed by atoms with Gasteiger partial charge in [-0.1, -0.05) is 30.3 Å². The molecule has 21 heavy (non-hydrogen) atoms. The maximum Gasteiger partial charge on any atom is 0.193 e. The van der Waals surface area contributed by atoms with Crippen LogP contribution in [-0.2, 0) is 4.74 Å². The van der Waals surface area contributed by atoms with E-state index in [0.717, 1.165) is 11.3 Å². The van der Waals surface area contributed by atoms with Crippen molar-refractivity contribution in [2.24, 2.45) is 0 Å². The first kappa shape index (κ1) is 12.6. The molecule has 2 aliphatic heterocycles. The standard InChI is InChI=1S/C18H16O3/c1-18(2)17-16(20-17)13-10-12(8-9-14(13)21-18)15(19)11-6-4-3-5-7-11/h3-10,16-17H,1-2H3/t16?,17-/m0/s1. The van der Waals surface area contributed by atoms with E-state index in [4.69, 9.17) is 9.47 Å². The average Bonchev–Trinajstić information content (AvgIpc) is 3.29. The molecule has 0 aromatic heterocycles.